The maximum absolute atomic E-state index is 5.48. The molecule has 2 aromatic heterocycles. The lowest BCUT2D eigenvalue weighted by Crippen LogP contribution is -2.43. The van der Waals surface area contributed by atoms with Crippen molar-refractivity contribution in [3.05, 3.63) is 48.5 Å². The Kier molecular flexibility index (Phi) is 4.79. The summed E-state index contributed by atoms with van der Waals surface area (Å²) >= 11 is 0. The van der Waals surface area contributed by atoms with E-state index in [9.17, 15) is 0 Å². The largest absolute Gasteiger partial charge is 0.494 e. The van der Waals surface area contributed by atoms with Gasteiger partial charge < -0.3 is 20.3 Å². The van der Waals surface area contributed by atoms with E-state index in [1.54, 1.807) is 19.5 Å². The molecule has 3 heterocycles. The molecule has 2 N–H and O–H groups in total. The highest BCUT2D eigenvalue weighted by Crippen LogP contribution is 2.27. The Bertz CT molecular complexity index is 894. The van der Waals surface area contributed by atoms with Crippen molar-refractivity contribution >= 4 is 22.4 Å². The number of rotatable bonds is 5. The zero-order valence-electron chi connectivity index (χ0n) is 14.8. The zero-order valence-corrected chi connectivity index (χ0v) is 14.8. The molecule has 0 spiro atoms. The number of benzene rings is 1. The van der Waals surface area contributed by atoms with E-state index in [1.807, 2.05) is 24.5 Å². The number of anilines is 2. The predicted molar refractivity (Wildman–Crippen MR) is 103 cm³/mol. The quantitative estimate of drug-likeness (QED) is 0.729. The van der Waals surface area contributed by atoms with Gasteiger partial charge in [-0.2, -0.15) is 0 Å². The Balaban J connectivity index is 1.57. The first-order valence-electron chi connectivity index (χ1n) is 8.76. The maximum atomic E-state index is 5.48. The molecule has 0 radical (unpaired) electrons. The van der Waals surface area contributed by atoms with Crippen LogP contribution in [0.15, 0.2) is 43.0 Å². The van der Waals surface area contributed by atoms with Crippen molar-refractivity contribution in [1.29, 1.82) is 0 Å². The highest BCUT2D eigenvalue weighted by molar-refractivity contribution is 5.81. The van der Waals surface area contributed by atoms with Gasteiger partial charge in [-0.25, -0.2) is 4.98 Å². The SMILES string of the molecule is COc1cc(CNc2cnccc2N2CCNCC2)cc2nccnc12. The Morgan fingerprint density at radius 3 is 2.85 bits per heavy atom. The van der Waals surface area contributed by atoms with Crippen LogP contribution in [0.2, 0.25) is 0 Å². The highest BCUT2D eigenvalue weighted by atomic mass is 16.5. The molecular weight excluding hydrogens is 328 g/mol. The van der Waals surface area contributed by atoms with Crippen LogP contribution < -0.4 is 20.3 Å². The van der Waals surface area contributed by atoms with Crippen LogP contribution in [0.4, 0.5) is 11.4 Å². The second-order valence-electron chi connectivity index (χ2n) is 6.21. The van der Waals surface area contributed by atoms with Gasteiger partial charge in [0.2, 0.25) is 0 Å². The number of piperazine rings is 1. The Morgan fingerprint density at radius 1 is 1.15 bits per heavy atom. The fourth-order valence-corrected chi connectivity index (χ4v) is 3.26. The Morgan fingerprint density at radius 2 is 2.00 bits per heavy atom. The first kappa shape index (κ1) is 16.5. The number of fused-ring (bicyclic) bond motifs is 1. The van der Waals surface area contributed by atoms with Gasteiger partial charge in [0.25, 0.3) is 0 Å². The second-order valence-corrected chi connectivity index (χ2v) is 6.21. The van der Waals surface area contributed by atoms with Crippen LogP contribution >= 0.6 is 0 Å². The van der Waals surface area contributed by atoms with Crippen LogP contribution in [0, 0.1) is 0 Å². The van der Waals surface area contributed by atoms with Gasteiger partial charge in [0.1, 0.15) is 11.3 Å². The Hall–Kier alpha value is -2.93. The average molecular weight is 350 g/mol. The van der Waals surface area contributed by atoms with Gasteiger partial charge in [-0.15, -0.1) is 0 Å². The number of hydrogen-bond acceptors (Lipinski definition) is 7. The lowest BCUT2D eigenvalue weighted by molar-refractivity contribution is 0.418. The molecule has 1 fully saturated rings. The normalized spacial score (nSPS) is 14.4. The number of pyridine rings is 1. The summed E-state index contributed by atoms with van der Waals surface area (Å²) in [6.07, 6.45) is 7.10. The van der Waals surface area contributed by atoms with Crippen LogP contribution in [0.3, 0.4) is 0 Å². The molecule has 0 saturated carbocycles. The lowest BCUT2D eigenvalue weighted by atomic mass is 10.1. The molecule has 0 unspecified atom stereocenters. The Labute approximate surface area is 152 Å². The van der Waals surface area contributed by atoms with Crippen LogP contribution in [0.5, 0.6) is 5.75 Å². The molecule has 1 aliphatic rings. The number of methoxy groups -OCH3 is 1. The smallest absolute Gasteiger partial charge is 0.147 e. The summed E-state index contributed by atoms with van der Waals surface area (Å²) < 4.78 is 5.48. The van der Waals surface area contributed by atoms with Gasteiger partial charge in [0, 0.05) is 51.3 Å². The minimum Gasteiger partial charge on any atom is -0.494 e. The summed E-state index contributed by atoms with van der Waals surface area (Å²) in [5, 5.41) is 6.90. The summed E-state index contributed by atoms with van der Waals surface area (Å²) in [7, 11) is 1.66. The molecule has 7 nitrogen and oxygen atoms in total. The van der Waals surface area contributed by atoms with Crippen LogP contribution in [0.25, 0.3) is 11.0 Å². The van der Waals surface area contributed by atoms with Crippen molar-refractivity contribution < 1.29 is 4.74 Å². The lowest BCUT2D eigenvalue weighted by Gasteiger charge is -2.31. The third-order valence-corrected chi connectivity index (χ3v) is 4.56. The number of nitrogens with zero attached hydrogens (tertiary/aromatic N) is 4. The van der Waals surface area contributed by atoms with Gasteiger partial charge in [-0.3, -0.25) is 9.97 Å². The molecule has 0 aliphatic carbocycles. The standard InChI is InChI=1S/C19H22N6O/c1-26-18-11-14(10-15-19(18)23-5-4-22-15)12-24-16-13-21-3-2-17(16)25-8-6-20-7-9-25/h2-5,10-11,13,20,24H,6-9,12H2,1H3. The molecule has 4 rings (SSSR count). The van der Waals surface area contributed by atoms with Crippen molar-refractivity contribution in [2.45, 2.75) is 6.54 Å². The topological polar surface area (TPSA) is 75.2 Å². The summed E-state index contributed by atoms with van der Waals surface area (Å²) in [5.74, 6) is 0.737. The van der Waals surface area contributed by atoms with Gasteiger partial charge in [-0.1, -0.05) is 0 Å². The summed E-state index contributed by atoms with van der Waals surface area (Å²) in [6, 6.07) is 6.11. The molecular formula is C19H22N6O. The van der Waals surface area contributed by atoms with E-state index in [-0.39, 0.29) is 0 Å². The van der Waals surface area contributed by atoms with Crippen LogP contribution in [-0.2, 0) is 6.54 Å². The van der Waals surface area contributed by atoms with E-state index in [2.05, 4.69) is 36.6 Å². The summed E-state index contributed by atoms with van der Waals surface area (Å²) in [4.78, 5) is 15.4. The molecule has 1 aromatic carbocycles. The fraction of sp³-hybridized carbons (Fsp3) is 0.316. The van der Waals surface area contributed by atoms with Crippen molar-refractivity contribution in [2.24, 2.45) is 0 Å². The third-order valence-electron chi connectivity index (χ3n) is 4.56. The molecule has 1 aliphatic heterocycles. The molecule has 3 aromatic rings. The van der Waals surface area contributed by atoms with Gasteiger partial charge in [0.15, 0.2) is 0 Å². The van der Waals surface area contributed by atoms with E-state index in [0.29, 0.717) is 6.54 Å². The van der Waals surface area contributed by atoms with Crippen LogP contribution in [0.1, 0.15) is 5.56 Å². The minimum atomic E-state index is 0.660. The van der Waals surface area contributed by atoms with Gasteiger partial charge in [-0.05, 0) is 23.8 Å². The van der Waals surface area contributed by atoms with Crippen molar-refractivity contribution in [3.63, 3.8) is 0 Å². The van der Waals surface area contributed by atoms with Gasteiger partial charge >= 0.3 is 0 Å². The van der Waals surface area contributed by atoms with Crippen molar-refractivity contribution in [2.75, 3.05) is 43.5 Å². The highest BCUT2D eigenvalue weighted by Gasteiger charge is 2.14. The summed E-state index contributed by atoms with van der Waals surface area (Å²) in [5.41, 5.74) is 4.92. The monoisotopic (exact) mass is 350 g/mol. The predicted octanol–water partition coefficient (Wildman–Crippen LogP) is 2.06. The van der Waals surface area contributed by atoms with E-state index >= 15 is 0 Å². The molecule has 134 valence electrons. The van der Waals surface area contributed by atoms with E-state index in [1.165, 1.54) is 5.69 Å². The molecule has 1 saturated heterocycles. The zero-order chi connectivity index (χ0) is 17.8. The summed E-state index contributed by atoms with van der Waals surface area (Å²) in [6.45, 7) is 4.66. The molecule has 0 atom stereocenters. The van der Waals surface area contributed by atoms with Crippen molar-refractivity contribution in [1.82, 2.24) is 20.3 Å². The van der Waals surface area contributed by atoms with E-state index in [0.717, 1.165) is 54.2 Å². The number of nitrogens with one attached hydrogen (secondary N) is 2. The maximum Gasteiger partial charge on any atom is 0.147 e. The number of hydrogen-bond donors (Lipinski definition) is 2. The first-order valence-corrected chi connectivity index (χ1v) is 8.76. The average Bonchev–Trinajstić information content (AvgIpc) is 2.72. The first-order chi connectivity index (χ1) is 12.8. The van der Waals surface area contributed by atoms with Crippen molar-refractivity contribution in [3.8, 4) is 5.75 Å². The minimum absolute atomic E-state index is 0.660. The molecule has 26 heavy (non-hydrogen) atoms. The fourth-order valence-electron chi connectivity index (χ4n) is 3.26. The molecule has 0 amide bonds. The van der Waals surface area contributed by atoms with Crippen LogP contribution in [-0.4, -0.2) is 48.2 Å². The van der Waals surface area contributed by atoms with E-state index in [4.69, 9.17) is 4.74 Å². The third kappa shape index (κ3) is 3.39. The van der Waals surface area contributed by atoms with Gasteiger partial charge in [0.05, 0.1) is 30.2 Å². The number of aromatic nitrogens is 3. The van der Waals surface area contributed by atoms with E-state index < -0.39 is 0 Å². The molecule has 0 bridgehead atoms. The number of ether oxygens (including phenoxy) is 1. The molecule has 7 heteroatoms. The second kappa shape index (κ2) is 7.53.